The molecule has 7 nitrogen and oxygen atoms in total. The Kier molecular flexibility index (Phi) is 5.62. The average Bonchev–Trinajstić information content (AvgIpc) is 3.53. The molecular weight excluding hydrogens is 438 g/mol. The van der Waals surface area contributed by atoms with Crippen LogP contribution in [-0.2, 0) is 0 Å². The fourth-order valence-corrected chi connectivity index (χ4v) is 3.94. The lowest BCUT2D eigenvalue weighted by molar-refractivity contribution is 0.0985. The summed E-state index contributed by atoms with van der Waals surface area (Å²) in [5, 5.41) is 19.1. The van der Waals surface area contributed by atoms with E-state index in [9.17, 15) is 14.9 Å². The summed E-state index contributed by atoms with van der Waals surface area (Å²) in [5.41, 5.74) is 2.86. The maximum absolute atomic E-state index is 13.8. The molecule has 0 radical (unpaired) electrons. The van der Waals surface area contributed by atoms with Gasteiger partial charge in [-0.2, -0.15) is 15.5 Å². The van der Waals surface area contributed by atoms with Crippen molar-refractivity contribution in [1.29, 1.82) is 5.26 Å². The van der Waals surface area contributed by atoms with Crippen LogP contribution in [0.2, 0.25) is 0 Å². The largest absolute Gasteiger partial charge is 0.293 e. The third-order valence-corrected chi connectivity index (χ3v) is 5.57. The Hall–Kier alpha value is -5.09. The third-order valence-electron chi connectivity index (χ3n) is 5.57. The van der Waals surface area contributed by atoms with Crippen molar-refractivity contribution in [2.45, 2.75) is 6.92 Å². The van der Waals surface area contributed by atoms with Crippen LogP contribution >= 0.6 is 0 Å². The highest BCUT2D eigenvalue weighted by Gasteiger charge is 2.29. The predicted molar refractivity (Wildman–Crippen MR) is 131 cm³/mol. The number of para-hydroxylation sites is 2. The average molecular weight is 457 g/mol. The van der Waals surface area contributed by atoms with Gasteiger partial charge in [-0.25, -0.2) is 9.36 Å². The molecule has 0 bridgehead atoms. The van der Waals surface area contributed by atoms with E-state index in [1.165, 1.54) is 17.8 Å². The van der Waals surface area contributed by atoms with Gasteiger partial charge in [0.1, 0.15) is 17.3 Å². The van der Waals surface area contributed by atoms with E-state index in [2.05, 4.69) is 16.3 Å². The predicted octanol–water partition coefficient (Wildman–Crippen LogP) is 5.03. The summed E-state index contributed by atoms with van der Waals surface area (Å²) in [6.07, 6.45) is 1.51. The van der Waals surface area contributed by atoms with Gasteiger partial charge in [-0.05, 0) is 24.3 Å². The number of aromatic nitrogens is 4. The molecule has 0 amide bonds. The van der Waals surface area contributed by atoms with E-state index in [1.54, 1.807) is 4.68 Å². The van der Waals surface area contributed by atoms with Crippen molar-refractivity contribution >= 4 is 11.6 Å². The summed E-state index contributed by atoms with van der Waals surface area (Å²) in [6, 6.07) is 30.0. The first-order valence-corrected chi connectivity index (χ1v) is 10.9. The normalized spacial score (nSPS) is 10.6. The number of Topliss-reactive ketones (excluding diaryl/α,β-unsaturated/α-hetero) is 1. The first-order valence-electron chi connectivity index (χ1n) is 10.9. The Morgan fingerprint density at radius 3 is 1.91 bits per heavy atom. The van der Waals surface area contributed by atoms with E-state index in [4.69, 9.17) is 0 Å². The lowest BCUT2D eigenvalue weighted by Crippen LogP contribution is -2.09. The highest BCUT2D eigenvalue weighted by atomic mass is 16.1. The third kappa shape index (κ3) is 3.94. The van der Waals surface area contributed by atoms with E-state index in [-0.39, 0.29) is 28.3 Å². The van der Waals surface area contributed by atoms with Gasteiger partial charge < -0.3 is 0 Å². The zero-order chi connectivity index (χ0) is 24.4. The van der Waals surface area contributed by atoms with Crippen LogP contribution in [0.4, 0.5) is 0 Å². The van der Waals surface area contributed by atoms with Gasteiger partial charge in [-0.3, -0.25) is 9.59 Å². The van der Waals surface area contributed by atoms with Crippen molar-refractivity contribution in [1.82, 2.24) is 19.6 Å². The zero-order valence-electron chi connectivity index (χ0n) is 18.8. The van der Waals surface area contributed by atoms with E-state index in [1.807, 2.05) is 91.0 Å². The van der Waals surface area contributed by atoms with Crippen LogP contribution in [-0.4, -0.2) is 31.1 Å². The highest BCUT2D eigenvalue weighted by molar-refractivity contribution is 6.15. The van der Waals surface area contributed by atoms with Gasteiger partial charge in [0, 0.05) is 18.7 Å². The van der Waals surface area contributed by atoms with Crippen LogP contribution in [0.3, 0.4) is 0 Å². The SMILES string of the molecule is CC(=O)c1nn(-c2ccccc2)cc1C(=O)c1nn(-c2ccccc2)c(-c2ccccc2)c1C#N. The van der Waals surface area contributed by atoms with Gasteiger partial charge in [0.05, 0.1) is 22.6 Å². The quantitative estimate of drug-likeness (QED) is 0.333. The van der Waals surface area contributed by atoms with Crippen molar-refractivity contribution in [3.05, 3.63) is 120 Å². The van der Waals surface area contributed by atoms with Crippen LogP contribution in [0.25, 0.3) is 22.6 Å². The number of ketones is 2. The monoisotopic (exact) mass is 457 g/mol. The van der Waals surface area contributed by atoms with Gasteiger partial charge in [-0.15, -0.1) is 0 Å². The summed E-state index contributed by atoms with van der Waals surface area (Å²) in [4.78, 5) is 26.2. The molecule has 0 fully saturated rings. The second-order valence-corrected chi connectivity index (χ2v) is 7.85. The number of carbonyl (C=O) groups is 2. The molecule has 3 aromatic carbocycles. The maximum atomic E-state index is 13.8. The first kappa shape index (κ1) is 21.7. The van der Waals surface area contributed by atoms with Crippen LogP contribution in [0.15, 0.2) is 97.2 Å². The van der Waals surface area contributed by atoms with Gasteiger partial charge in [0.2, 0.25) is 5.78 Å². The molecule has 2 aromatic heterocycles. The van der Waals surface area contributed by atoms with E-state index < -0.39 is 5.78 Å². The second-order valence-electron chi connectivity index (χ2n) is 7.85. The Morgan fingerprint density at radius 1 is 0.771 bits per heavy atom. The fraction of sp³-hybridized carbons (Fsp3) is 0.0357. The van der Waals surface area contributed by atoms with Gasteiger partial charge >= 0.3 is 0 Å². The van der Waals surface area contributed by atoms with Crippen molar-refractivity contribution in [3.63, 3.8) is 0 Å². The molecule has 7 heteroatoms. The number of nitriles is 1. The summed E-state index contributed by atoms with van der Waals surface area (Å²) in [6.45, 7) is 1.36. The Bertz CT molecular complexity index is 1580. The molecule has 2 heterocycles. The highest BCUT2D eigenvalue weighted by Crippen LogP contribution is 2.30. The summed E-state index contributed by atoms with van der Waals surface area (Å²) < 4.78 is 3.08. The molecule has 0 N–H and O–H groups in total. The molecule has 0 aliphatic rings. The van der Waals surface area contributed by atoms with Crippen molar-refractivity contribution in [3.8, 4) is 28.7 Å². The number of hydrogen-bond donors (Lipinski definition) is 0. The Labute approximate surface area is 201 Å². The molecule has 0 atom stereocenters. The summed E-state index contributed by atoms with van der Waals surface area (Å²) >= 11 is 0. The number of benzene rings is 3. The Balaban J connectivity index is 1.72. The Morgan fingerprint density at radius 2 is 1.34 bits per heavy atom. The molecule has 35 heavy (non-hydrogen) atoms. The van der Waals surface area contributed by atoms with Gasteiger partial charge in [0.15, 0.2) is 11.5 Å². The molecule has 5 rings (SSSR count). The molecule has 168 valence electrons. The number of nitrogens with zero attached hydrogens (tertiary/aromatic N) is 5. The van der Waals surface area contributed by atoms with Crippen molar-refractivity contribution < 1.29 is 9.59 Å². The minimum atomic E-state index is -0.541. The van der Waals surface area contributed by atoms with Crippen LogP contribution < -0.4 is 0 Å². The van der Waals surface area contributed by atoms with E-state index >= 15 is 0 Å². The number of hydrogen-bond acceptors (Lipinski definition) is 5. The minimum Gasteiger partial charge on any atom is -0.293 e. The summed E-state index contributed by atoms with van der Waals surface area (Å²) in [5.74, 6) is -0.895. The molecule has 0 saturated carbocycles. The van der Waals surface area contributed by atoms with Gasteiger partial charge in [0.25, 0.3) is 0 Å². The van der Waals surface area contributed by atoms with Crippen LogP contribution in [0, 0.1) is 11.3 Å². The van der Waals surface area contributed by atoms with Crippen LogP contribution in [0.5, 0.6) is 0 Å². The van der Waals surface area contributed by atoms with Crippen molar-refractivity contribution in [2.24, 2.45) is 0 Å². The van der Waals surface area contributed by atoms with E-state index in [0.29, 0.717) is 17.1 Å². The topological polar surface area (TPSA) is 93.6 Å². The zero-order valence-corrected chi connectivity index (χ0v) is 18.8. The fourth-order valence-electron chi connectivity index (χ4n) is 3.94. The number of rotatable bonds is 6. The maximum Gasteiger partial charge on any atom is 0.218 e. The lowest BCUT2D eigenvalue weighted by atomic mass is 10.0. The minimum absolute atomic E-state index is 0.0262. The molecule has 0 spiro atoms. The smallest absolute Gasteiger partial charge is 0.218 e. The molecule has 0 unspecified atom stereocenters. The summed E-state index contributed by atoms with van der Waals surface area (Å²) in [7, 11) is 0. The molecule has 0 aliphatic heterocycles. The van der Waals surface area contributed by atoms with Gasteiger partial charge in [-0.1, -0.05) is 66.7 Å². The lowest BCUT2D eigenvalue weighted by Gasteiger charge is -2.07. The molecule has 0 saturated heterocycles. The van der Waals surface area contributed by atoms with Crippen molar-refractivity contribution in [2.75, 3.05) is 0 Å². The molecular formula is C28H19N5O2. The first-order chi connectivity index (χ1) is 17.1. The van der Waals surface area contributed by atoms with Crippen LogP contribution in [0.1, 0.15) is 39.0 Å². The number of carbonyl (C=O) groups excluding carboxylic acids is 2. The standard InChI is InChI=1S/C28H19N5O2/c1-19(34)25-24(18-32(30-25)21-13-7-3-8-14-21)28(35)26-23(17-29)27(20-11-5-2-6-12-20)33(31-26)22-15-9-4-10-16-22/h2-16,18H,1H3. The van der Waals surface area contributed by atoms with E-state index in [0.717, 1.165) is 5.56 Å². The molecule has 0 aliphatic carbocycles. The molecule has 5 aromatic rings. The second kappa shape index (κ2) is 9.04.